The second kappa shape index (κ2) is 6.05. The van der Waals surface area contributed by atoms with E-state index in [1.165, 1.54) is 11.9 Å². The first-order valence-electron chi connectivity index (χ1n) is 6.15. The van der Waals surface area contributed by atoms with Crippen LogP contribution in [0.25, 0.3) is 0 Å². The molecule has 1 fully saturated rings. The van der Waals surface area contributed by atoms with Crippen molar-refractivity contribution in [2.24, 2.45) is 0 Å². The Morgan fingerprint density at radius 2 is 2.05 bits per heavy atom. The number of carbonyl (C=O) groups excluding carboxylic acids is 3. The zero-order chi connectivity index (χ0) is 14.5. The van der Waals surface area contributed by atoms with E-state index in [-0.39, 0.29) is 24.8 Å². The largest absolute Gasteiger partial charge is 0.484 e. The fraction of sp³-hybridized carbons (Fsp3) is 0.308. The predicted octanol–water partition coefficient (Wildman–Crippen LogP) is 0.258. The van der Waals surface area contributed by atoms with Gasteiger partial charge in [0.2, 0.25) is 5.91 Å². The quantitative estimate of drug-likeness (QED) is 0.826. The van der Waals surface area contributed by atoms with Crippen LogP contribution in [0.15, 0.2) is 24.3 Å². The maximum Gasteiger partial charge on any atom is 0.328 e. The number of urea groups is 1. The van der Waals surface area contributed by atoms with Gasteiger partial charge in [0.05, 0.1) is 0 Å². The van der Waals surface area contributed by atoms with Gasteiger partial charge in [-0.2, -0.15) is 0 Å². The highest BCUT2D eigenvalue weighted by atomic mass is 16.5. The normalized spacial score (nSPS) is 14.8. The molecule has 106 valence electrons. The van der Waals surface area contributed by atoms with Crippen molar-refractivity contribution in [1.82, 2.24) is 10.6 Å². The predicted molar refractivity (Wildman–Crippen MR) is 71.5 cm³/mol. The lowest BCUT2D eigenvalue weighted by Crippen LogP contribution is -2.49. The van der Waals surface area contributed by atoms with E-state index in [2.05, 4.69) is 10.6 Å². The molecule has 0 saturated carbocycles. The molecule has 0 aliphatic carbocycles. The highest BCUT2D eigenvalue weighted by Crippen LogP contribution is 2.21. The number of likely N-dealkylation sites (N-methyl/N-ethyl adjacent to an activating group) is 1. The fourth-order valence-electron chi connectivity index (χ4n) is 1.75. The molecule has 2 rings (SSSR count). The van der Waals surface area contributed by atoms with E-state index in [1.54, 1.807) is 24.3 Å². The van der Waals surface area contributed by atoms with E-state index in [0.29, 0.717) is 18.0 Å². The van der Waals surface area contributed by atoms with Crippen LogP contribution in [0.1, 0.15) is 6.42 Å². The minimum Gasteiger partial charge on any atom is -0.484 e. The molecular weight excluding hydrogens is 262 g/mol. The van der Waals surface area contributed by atoms with Gasteiger partial charge < -0.3 is 10.1 Å². The van der Waals surface area contributed by atoms with Crippen molar-refractivity contribution in [3.8, 4) is 5.75 Å². The summed E-state index contributed by atoms with van der Waals surface area (Å²) in [6.45, 7) is 0.289. The van der Waals surface area contributed by atoms with Crippen molar-refractivity contribution in [3.05, 3.63) is 24.3 Å². The van der Waals surface area contributed by atoms with Gasteiger partial charge in [-0.1, -0.05) is 0 Å². The molecule has 2 N–H and O–H groups in total. The number of rotatable bonds is 4. The number of hydrogen-bond donors (Lipinski definition) is 2. The van der Waals surface area contributed by atoms with E-state index in [4.69, 9.17) is 4.74 Å². The standard InChI is InChI=1S/C13H15N3O4/c1-14-12(18)8-20-10-4-2-9(3-5-10)16-7-6-11(17)15-13(16)19/h2-5H,6-8H2,1H3,(H,14,18)(H,15,17,19). The Balaban J connectivity index is 1.99. The first kappa shape index (κ1) is 13.9. The van der Waals surface area contributed by atoms with E-state index in [0.717, 1.165) is 0 Å². The Labute approximate surface area is 115 Å². The van der Waals surface area contributed by atoms with Crippen LogP contribution in [0.4, 0.5) is 10.5 Å². The lowest BCUT2D eigenvalue weighted by atomic mass is 10.2. The Kier molecular flexibility index (Phi) is 4.19. The highest BCUT2D eigenvalue weighted by molar-refractivity contribution is 6.05. The Hall–Kier alpha value is -2.57. The summed E-state index contributed by atoms with van der Waals surface area (Å²) < 4.78 is 5.26. The van der Waals surface area contributed by atoms with Crippen LogP contribution >= 0.6 is 0 Å². The van der Waals surface area contributed by atoms with Gasteiger partial charge in [0.15, 0.2) is 6.61 Å². The number of nitrogens with zero attached hydrogens (tertiary/aromatic N) is 1. The minimum atomic E-state index is -0.430. The summed E-state index contributed by atoms with van der Waals surface area (Å²) in [5.41, 5.74) is 0.669. The molecule has 1 aromatic carbocycles. The summed E-state index contributed by atoms with van der Waals surface area (Å²) in [6, 6.07) is 6.31. The van der Waals surface area contributed by atoms with Crippen LogP contribution in [0.2, 0.25) is 0 Å². The Morgan fingerprint density at radius 1 is 1.35 bits per heavy atom. The summed E-state index contributed by atoms with van der Waals surface area (Å²) in [6.07, 6.45) is 0.278. The van der Waals surface area contributed by atoms with Crippen molar-refractivity contribution < 1.29 is 19.1 Å². The van der Waals surface area contributed by atoms with Crippen LogP contribution in [0, 0.1) is 0 Å². The van der Waals surface area contributed by atoms with Gasteiger partial charge in [0.1, 0.15) is 5.75 Å². The zero-order valence-corrected chi connectivity index (χ0v) is 11.0. The lowest BCUT2D eigenvalue weighted by molar-refractivity contribution is -0.122. The number of amides is 4. The average Bonchev–Trinajstić information content (AvgIpc) is 2.45. The molecule has 0 aromatic heterocycles. The fourth-order valence-corrected chi connectivity index (χ4v) is 1.75. The molecule has 0 unspecified atom stereocenters. The molecule has 0 bridgehead atoms. The molecule has 4 amide bonds. The first-order chi connectivity index (χ1) is 9.60. The van der Waals surface area contributed by atoms with Crippen molar-refractivity contribution in [2.75, 3.05) is 25.1 Å². The van der Waals surface area contributed by atoms with E-state index in [9.17, 15) is 14.4 Å². The molecule has 1 saturated heterocycles. The molecule has 20 heavy (non-hydrogen) atoms. The molecule has 1 heterocycles. The molecule has 0 spiro atoms. The van der Waals surface area contributed by atoms with E-state index < -0.39 is 6.03 Å². The molecule has 0 radical (unpaired) electrons. The van der Waals surface area contributed by atoms with Crippen molar-refractivity contribution in [2.45, 2.75) is 6.42 Å². The zero-order valence-electron chi connectivity index (χ0n) is 11.0. The van der Waals surface area contributed by atoms with E-state index in [1.807, 2.05) is 0 Å². The van der Waals surface area contributed by atoms with Gasteiger partial charge in [0, 0.05) is 25.7 Å². The molecular formula is C13H15N3O4. The minimum absolute atomic E-state index is 0.0610. The maximum atomic E-state index is 11.7. The van der Waals surface area contributed by atoms with Crippen LogP contribution in [-0.2, 0) is 9.59 Å². The van der Waals surface area contributed by atoms with Gasteiger partial charge in [-0.15, -0.1) is 0 Å². The van der Waals surface area contributed by atoms with Crippen LogP contribution < -0.4 is 20.3 Å². The third kappa shape index (κ3) is 3.25. The number of benzene rings is 1. The number of carbonyl (C=O) groups is 3. The lowest BCUT2D eigenvalue weighted by Gasteiger charge is -2.26. The van der Waals surface area contributed by atoms with Gasteiger partial charge >= 0.3 is 6.03 Å². The Bertz CT molecular complexity index is 527. The first-order valence-corrected chi connectivity index (χ1v) is 6.15. The number of ether oxygens (including phenoxy) is 1. The highest BCUT2D eigenvalue weighted by Gasteiger charge is 2.23. The molecule has 1 aliphatic heterocycles. The number of nitrogens with one attached hydrogen (secondary N) is 2. The third-order valence-corrected chi connectivity index (χ3v) is 2.85. The summed E-state index contributed by atoms with van der Waals surface area (Å²) in [4.78, 5) is 35.2. The van der Waals surface area contributed by atoms with Gasteiger partial charge in [0.25, 0.3) is 5.91 Å². The monoisotopic (exact) mass is 277 g/mol. The Morgan fingerprint density at radius 3 is 2.65 bits per heavy atom. The van der Waals surface area contributed by atoms with Crippen molar-refractivity contribution in [1.29, 1.82) is 0 Å². The summed E-state index contributed by atoms with van der Waals surface area (Å²) in [5.74, 6) is 0.0469. The van der Waals surface area contributed by atoms with Crippen molar-refractivity contribution >= 4 is 23.5 Å². The second-order valence-electron chi connectivity index (χ2n) is 4.21. The van der Waals surface area contributed by atoms with Crippen LogP contribution in [-0.4, -0.2) is 38.0 Å². The summed E-state index contributed by atoms with van der Waals surface area (Å²) in [5, 5.41) is 4.71. The maximum absolute atomic E-state index is 11.7. The third-order valence-electron chi connectivity index (χ3n) is 2.85. The van der Waals surface area contributed by atoms with Gasteiger partial charge in [-0.05, 0) is 24.3 Å². The number of imide groups is 1. The van der Waals surface area contributed by atoms with Crippen molar-refractivity contribution in [3.63, 3.8) is 0 Å². The molecule has 1 aliphatic rings. The number of anilines is 1. The summed E-state index contributed by atoms with van der Waals surface area (Å²) in [7, 11) is 1.53. The van der Waals surface area contributed by atoms with Gasteiger partial charge in [-0.25, -0.2) is 4.79 Å². The van der Waals surface area contributed by atoms with E-state index >= 15 is 0 Å². The van der Waals surface area contributed by atoms with Crippen LogP contribution in [0.5, 0.6) is 5.75 Å². The summed E-state index contributed by atoms with van der Waals surface area (Å²) >= 11 is 0. The van der Waals surface area contributed by atoms with Crippen LogP contribution in [0.3, 0.4) is 0 Å². The molecule has 0 atom stereocenters. The number of hydrogen-bond acceptors (Lipinski definition) is 4. The molecule has 7 nitrogen and oxygen atoms in total. The molecule has 1 aromatic rings. The second-order valence-corrected chi connectivity index (χ2v) is 4.21. The SMILES string of the molecule is CNC(=O)COc1ccc(N2CCC(=O)NC2=O)cc1. The smallest absolute Gasteiger partial charge is 0.328 e. The topological polar surface area (TPSA) is 87.7 Å². The average molecular weight is 277 g/mol. The molecule has 7 heteroatoms. The van der Waals surface area contributed by atoms with Gasteiger partial charge in [-0.3, -0.25) is 19.8 Å².